The van der Waals surface area contributed by atoms with Gasteiger partial charge in [-0.1, -0.05) is 24.3 Å². The van der Waals surface area contributed by atoms with Crippen LogP contribution in [-0.4, -0.2) is 26.4 Å². The second kappa shape index (κ2) is 10.0. The Hall–Kier alpha value is -3.79. The number of carbonyl (C=O) groups excluding carboxylic acids is 2. The SMILES string of the molecule is Cc1ccc(C)c(S(=O)(=O)Nc2ccccc2C(=O)OC(C)C(=O)Nc2cc(F)ccc2F)c1. The van der Waals surface area contributed by atoms with E-state index in [-0.39, 0.29) is 16.1 Å². The van der Waals surface area contributed by atoms with Crippen LogP contribution in [0.2, 0.25) is 0 Å². The molecule has 0 aliphatic carbocycles. The summed E-state index contributed by atoms with van der Waals surface area (Å²) >= 11 is 0. The summed E-state index contributed by atoms with van der Waals surface area (Å²) < 4.78 is 60.5. The maximum atomic E-state index is 13.8. The average molecular weight is 489 g/mol. The third kappa shape index (κ3) is 5.76. The topological polar surface area (TPSA) is 102 Å². The van der Waals surface area contributed by atoms with Gasteiger partial charge in [0.1, 0.15) is 11.6 Å². The fourth-order valence-electron chi connectivity index (χ4n) is 3.05. The molecular formula is C24H22F2N2O5S. The molecule has 1 unspecified atom stereocenters. The molecule has 0 radical (unpaired) electrons. The number of hydrogen-bond donors (Lipinski definition) is 2. The van der Waals surface area contributed by atoms with Gasteiger partial charge in [-0.3, -0.25) is 9.52 Å². The van der Waals surface area contributed by atoms with Crippen molar-refractivity contribution in [1.29, 1.82) is 0 Å². The summed E-state index contributed by atoms with van der Waals surface area (Å²) in [7, 11) is -4.03. The van der Waals surface area contributed by atoms with Crippen molar-refractivity contribution in [1.82, 2.24) is 0 Å². The molecule has 3 rings (SSSR count). The summed E-state index contributed by atoms with van der Waals surface area (Å²) in [5.74, 6) is -3.50. The number of nitrogens with one attached hydrogen (secondary N) is 2. The molecule has 1 atom stereocenters. The van der Waals surface area contributed by atoms with E-state index in [9.17, 15) is 26.8 Å². The van der Waals surface area contributed by atoms with Gasteiger partial charge >= 0.3 is 5.97 Å². The van der Waals surface area contributed by atoms with E-state index in [1.807, 2.05) is 0 Å². The number of halogens is 2. The van der Waals surface area contributed by atoms with Gasteiger partial charge in [-0.25, -0.2) is 22.0 Å². The van der Waals surface area contributed by atoms with E-state index in [0.717, 1.165) is 23.8 Å². The molecule has 34 heavy (non-hydrogen) atoms. The first-order chi connectivity index (χ1) is 16.0. The normalized spacial score (nSPS) is 12.0. The number of ether oxygens (including phenoxy) is 1. The zero-order valence-electron chi connectivity index (χ0n) is 18.6. The predicted molar refractivity (Wildman–Crippen MR) is 123 cm³/mol. The van der Waals surface area contributed by atoms with Gasteiger partial charge in [-0.05, 0) is 62.2 Å². The summed E-state index contributed by atoms with van der Waals surface area (Å²) in [6.45, 7) is 4.65. The van der Waals surface area contributed by atoms with Crippen LogP contribution in [0.15, 0.2) is 65.6 Å². The second-order valence-electron chi connectivity index (χ2n) is 7.58. The Morgan fingerprint density at radius 2 is 1.65 bits per heavy atom. The fourth-order valence-corrected chi connectivity index (χ4v) is 4.46. The molecule has 7 nitrogen and oxygen atoms in total. The number of rotatable bonds is 7. The minimum absolute atomic E-state index is 0.0443. The van der Waals surface area contributed by atoms with Gasteiger partial charge in [0.25, 0.3) is 15.9 Å². The van der Waals surface area contributed by atoms with Crippen molar-refractivity contribution in [2.24, 2.45) is 0 Å². The number of sulfonamides is 1. The highest BCUT2D eigenvalue weighted by molar-refractivity contribution is 7.92. The maximum Gasteiger partial charge on any atom is 0.341 e. The molecule has 0 fully saturated rings. The zero-order valence-corrected chi connectivity index (χ0v) is 19.4. The Balaban J connectivity index is 1.78. The number of anilines is 2. The number of carbonyl (C=O) groups is 2. The summed E-state index contributed by atoms with van der Waals surface area (Å²) in [6, 6.07) is 13.2. The standard InChI is InChI=1S/C24H22F2N2O5S/c1-14-8-9-15(2)22(12-14)34(31,32)28-20-7-5-4-6-18(20)24(30)33-16(3)23(29)27-21-13-17(25)10-11-19(21)26/h4-13,16,28H,1-3H3,(H,27,29). The Labute approximate surface area is 195 Å². The van der Waals surface area contributed by atoms with E-state index in [2.05, 4.69) is 10.0 Å². The monoisotopic (exact) mass is 488 g/mol. The second-order valence-corrected chi connectivity index (χ2v) is 9.23. The Kier molecular flexibility index (Phi) is 7.31. The first kappa shape index (κ1) is 24.8. The van der Waals surface area contributed by atoms with Crippen LogP contribution in [0.5, 0.6) is 0 Å². The lowest BCUT2D eigenvalue weighted by Crippen LogP contribution is -2.30. The lowest BCUT2D eigenvalue weighted by molar-refractivity contribution is -0.123. The average Bonchev–Trinajstić information content (AvgIpc) is 2.77. The molecule has 0 saturated carbocycles. The first-order valence-electron chi connectivity index (χ1n) is 10.1. The third-order valence-electron chi connectivity index (χ3n) is 4.86. The molecule has 178 valence electrons. The largest absolute Gasteiger partial charge is 0.449 e. The van der Waals surface area contributed by atoms with E-state index >= 15 is 0 Å². The minimum Gasteiger partial charge on any atom is -0.449 e. The molecule has 10 heteroatoms. The maximum absolute atomic E-state index is 13.8. The molecule has 3 aromatic rings. The van der Waals surface area contributed by atoms with Crippen LogP contribution in [0.1, 0.15) is 28.4 Å². The van der Waals surface area contributed by atoms with Gasteiger partial charge in [-0.2, -0.15) is 0 Å². The van der Waals surface area contributed by atoms with Gasteiger partial charge < -0.3 is 10.1 Å². The summed E-state index contributed by atoms with van der Waals surface area (Å²) in [6.07, 6.45) is -1.39. The summed E-state index contributed by atoms with van der Waals surface area (Å²) in [4.78, 5) is 25.1. The van der Waals surface area contributed by atoms with Gasteiger partial charge in [0.15, 0.2) is 6.10 Å². The number of benzene rings is 3. The van der Waals surface area contributed by atoms with Crippen LogP contribution in [0, 0.1) is 25.5 Å². The molecule has 1 amide bonds. The van der Waals surface area contributed by atoms with Crippen molar-refractivity contribution < 1.29 is 31.5 Å². The zero-order chi connectivity index (χ0) is 25.0. The van der Waals surface area contributed by atoms with Crippen molar-refractivity contribution >= 4 is 33.3 Å². The highest BCUT2D eigenvalue weighted by Crippen LogP contribution is 2.24. The van der Waals surface area contributed by atoms with Crippen LogP contribution in [0.3, 0.4) is 0 Å². The summed E-state index contributed by atoms with van der Waals surface area (Å²) in [5, 5.41) is 2.15. The van der Waals surface area contributed by atoms with E-state index in [1.165, 1.54) is 37.3 Å². The van der Waals surface area contributed by atoms with Crippen molar-refractivity contribution in [3.8, 4) is 0 Å². The van der Waals surface area contributed by atoms with Gasteiger partial charge in [0.2, 0.25) is 0 Å². The number of hydrogen-bond acceptors (Lipinski definition) is 5. The first-order valence-corrected chi connectivity index (χ1v) is 11.6. The third-order valence-corrected chi connectivity index (χ3v) is 6.37. The minimum atomic E-state index is -4.03. The molecule has 3 aromatic carbocycles. The van der Waals surface area contributed by atoms with Gasteiger partial charge in [0.05, 0.1) is 21.8 Å². The Morgan fingerprint density at radius 1 is 0.941 bits per heavy atom. The number of aryl methyl sites for hydroxylation is 2. The van der Waals surface area contributed by atoms with E-state index in [1.54, 1.807) is 26.0 Å². The molecular weight excluding hydrogens is 466 g/mol. The van der Waals surface area contributed by atoms with Crippen molar-refractivity contribution in [2.75, 3.05) is 10.0 Å². The van der Waals surface area contributed by atoms with Gasteiger partial charge in [-0.15, -0.1) is 0 Å². The van der Waals surface area contributed by atoms with Crippen LogP contribution < -0.4 is 10.0 Å². The lowest BCUT2D eigenvalue weighted by Gasteiger charge is -2.16. The van der Waals surface area contributed by atoms with Crippen LogP contribution >= 0.6 is 0 Å². The van der Waals surface area contributed by atoms with Crippen molar-refractivity contribution in [3.05, 3.63) is 89.0 Å². The van der Waals surface area contributed by atoms with Crippen LogP contribution in [0.4, 0.5) is 20.2 Å². The van der Waals surface area contributed by atoms with Crippen molar-refractivity contribution in [3.63, 3.8) is 0 Å². The molecule has 0 heterocycles. The Bertz CT molecular complexity index is 1360. The highest BCUT2D eigenvalue weighted by Gasteiger charge is 2.24. The summed E-state index contributed by atoms with van der Waals surface area (Å²) in [5.41, 5.74) is 0.681. The molecule has 0 spiro atoms. The van der Waals surface area contributed by atoms with E-state index < -0.39 is 45.3 Å². The molecule has 0 bridgehead atoms. The molecule has 0 saturated heterocycles. The number of para-hydroxylation sites is 1. The Morgan fingerprint density at radius 3 is 2.38 bits per heavy atom. The van der Waals surface area contributed by atoms with Crippen LogP contribution in [-0.2, 0) is 19.6 Å². The predicted octanol–water partition coefficient (Wildman–Crippen LogP) is 4.57. The van der Waals surface area contributed by atoms with E-state index in [0.29, 0.717) is 5.56 Å². The van der Waals surface area contributed by atoms with Crippen LogP contribution in [0.25, 0.3) is 0 Å². The lowest BCUT2D eigenvalue weighted by atomic mass is 10.2. The molecule has 0 aromatic heterocycles. The quantitative estimate of drug-likeness (QED) is 0.475. The number of esters is 1. The number of amides is 1. The molecule has 0 aliphatic rings. The fraction of sp³-hybridized carbons (Fsp3) is 0.167. The molecule has 0 aliphatic heterocycles. The van der Waals surface area contributed by atoms with E-state index in [4.69, 9.17) is 4.74 Å². The van der Waals surface area contributed by atoms with Crippen molar-refractivity contribution in [2.45, 2.75) is 31.8 Å². The highest BCUT2D eigenvalue weighted by atomic mass is 32.2. The van der Waals surface area contributed by atoms with Gasteiger partial charge in [0, 0.05) is 6.07 Å². The smallest absolute Gasteiger partial charge is 0.341 e. The molecule has 2 N–H and O–H groups in total.